The molecule has 0 bridgehead atoms. The standard InChI is InChI=1S/C37H45N7O6/c1-3-22(2)33(44-32(46)20-38)37(50)43-31(19-25-21-40-28-12-8-7-11-27(25)28)36(49)42-30(18-24-13-15-26(45)16-14-24)35(48)41-29(34(39)47)17-23-9-5-4-6-10-23/h4-16,21-22,29-31,33,40,45H,3,17-20,38H2,1-2H3,(H2,39,47)(H,41,48)(H,42,49)(H,43,50)(H,44,46). The molecule has 0 fully saturated rings. The maximum atomic E-state index is 14.2. The Morgan fingerprint density at radius 1 is 0.720 bits per heavy atom. The third kappa shape index (κ3) is 10.2. The highest BCUT2D eigenvalue weighted by Gasteiger charge is 2.33. The second kappa shape index (κ2) is 17.6. The van der Waals surface area contributed by atoms with E-state index in [1.807, 2.05) is 37.3 Å². The molecular formula is C37H45N7O6. The molecule has 264 valence electrons. The SMILES string of the molecule is CCC(C)C(NC(=O)CN)C(=O)NC(Cc1c[nH]c2ccccc12)C(=O)NC(Cc1ccc(O)cc1)C(=O)NC(Cc1ccccc1)C(N)=O. The van der Waals surface area contributed by atoms with Crippen LogP contribution in [0.15, 0.2) is 85.1 Å². The average Bonchev–Trinajstić information content (AvgIpc) is 3.52. The molecule has 5 unspecified atom stereocenters. The van der Waals surface area contributed by atoms with Gasteiger partial charge in [0.1, 0.15) is 29.9 Å². The van der Waals surface area contributed by atoms with E-state index >= 15 is 0 Å². The lowest BCUT2D eigenvalue weighted by Gasteiger charge is -2.28. The van der Waals surface area contributed by atoms with E-state index in [1.165, 1.54) is 12.1 Å². The first kappa shape index (κ1) is 37.1. The van der Waals surface area contributed by atoms with Gasteiger partial charge < -0.3 is 42.8 Å². The first-order chi connectivity index (χ1) is 24.0. The highest BCUT2D eigenvalue weighted by atomic mass is 16.3. The van der Waals surface area contributed by atoms with Crippen molar-refractivity contribution in [3.63, 3.8) is 0 Å². The molecule has 1 heterocycles. The number of H-pyrrole nitrogens is 1. The van der Waals surface area contributed by atoms with Crippen LogP contribution < -0.4 is 32.7 Å². The zero-order chi connectivity index (χ0) is 36.2. The number of aromatic hydroxyl groups is 1. The van der Waals surface area contributed by atoms with E-state index in [-0.39, 0.29) is 37.5 Å². The third-order valence-electron chi connectivity index (χ3n) is 8.68. The minimum atomic E-state index is -1.21. The second-order valence-corrected chi connectivity index (χ2v) is 12.3. The predicted octanol–water partition coefficient (Wildman–Crippen LogP) is 1.33. The Morgan fingerprint density at radius 2 is 1.28 bits per heavy atom. The zero-order valence-electron chi connectivity index (χ0n) is 28.1. The van der Waals surface area contributed by atoms with Gasteiger partial charge >= 0.3 is 0 Å². The fraction of sp³-hybridized carbons (Fsp3) is 0.324. The number of hydrogen-bond donors (Lipinski definition) is 8. The van der Waals surface area contributed by atoms with E-state index in [0.29, 0.717) is 12.0 Å². The van der Waals surface area contributed by atoms with E-state index < -0.39 is 53.7 Å². The number of aromatic nitrogens is 1. The van der Waals surface area contributed by atoms with Gasteiger partial charge in [0.25, 0.3) is 0 Å². The summed E-state index contributed by atoms with van der Waals surface area (Å²) >= 11 is 0. The summed E-state index contributed by atoms with van der Waals surface area (Å²) in [6.45, 7) is 3.36. The fourth-order valence-corrected chi connectivity index (χ4v) is 5.62. The van der Waals surface area contributed by atoms with E-state index in [2.05, 4.69) is 26.3 Å². The number of para-hydroxylation sites is 1. The maximum Gasteiger partial charge on any atom is 0.243 e. The van der Waals surface area contributed by atoms with E-state index in [0.717, 1.165) is 22.0 Å². The van der Waals surface area contributed by atoms with E-state index in [4.69, 9.17) is 11.5 Å². The lowest BCUT2D eigenvalue weighted by Crippen LogP contribution is -2.60. The van der Waals surface area contributed by atoms with Gasteiger partial charge in [0.05, 0.1) is 6.54 Å². The number of phenolic OH excluding ortho intramolecular Hbond substituents is 1. The van der Waals surface area contributed by atoms with E-state index in [1.54, 1.807) is 49.5 Å². The third-order valence-corrected chi connectivity index (χ3v) is 8.68. The first-order valence-electron chi connectivity index (χ1n) is 16.6. The Balaban J connectivity index is 1.65. The van der Waals surface area contributed by atoms with Crippen LogP contribution in [0.2, 0.25) is 0 Å². The fourth-order valence-electron chi connectivity index (χ4n) is 5.62. The number of rotatable bonds is 17. The molecule has 0 radical (unpaired) electrons. The van der Waals surface area contributed by atoms with Crippen molar-refractivity contribution in [1.82, 2.24) is 26.3 Å². The molecule has 10 N–H and O–H groups in total. The topological polar surface area (TPSA) is 222 Å². The summed E-state index contributed by atoms with van der Waals surface area (Å²) in [6.07, 6.45) is 2.48. The summed E-state index contributed by atoms with van der Waals surface area (Å²) in [4.78, 5) is 69.6. The number of fused-ring (bicyclic) bond motifs is 1. The Hall–Kier alpha value is -5.69. The molecule has 4 rings (SSSR count). The lowest BCUT2D eigenvalue weighted by atomic mass is 9.96. The number of primary amides is 1. The molecule has 5 atom stereocenters. The number of aromatic amines is 1. The molecule has 0 saturated carbocycles. The number of carbonyl (C=O) groups excluding carboxylic acids is 5. The number of carbonyl (C=O) groups is 5. The molecule has 0 spiro atoms. The van der Waals surface area contributed by atoms with Crippen LogP contribution in [-0.2, 0) is 43.2 Å². The van der Waals surface area contributed by atoms with Crippen molar-refractivity contribution in [3.8, 4) is 5.75 Å². The van der Waals surface area contributed by atoms with Crippen molar-refractivity contribution in [3.05, 3.63) is 102 Å². The summed E-state index contributed by atoms with van der Waals surface area (Å²) in [5.41, 5.74) is 14.2. The molecule has 13 nitrogen and oxygen atoms in total. The van der Waals surface area contributed by atoms with Crippen molar-refractivity contribution in [2.45, 2.75) is 63.7 Å². The monoisotopic (exact) mass is 683 g/mol. The van der Waals surface area contributed by atoms with Crippen molar-refractivity contribution in [2.24, 2.45) is 17.4 Å². The van der Waals surface area contributed by atoms with Crippen LogP contribution in [0, 0.1) is 5.92 Å². The van der Waals surface area contributed by atoms with Crippen LogP contribution in [0.1, 0.15) is 37.0 Å². The number of phenols is 1. The minimum absolute atomic E-state index is 0.00945. The van der Waals surface area contributed by atoms with E-state index in [9.17, 15) is 29.1 Å². The van der Waals surface area contributed by atoms with Gasteiger partial charge in [-0.15, -0.1) is 0 Å². The van der Waals surface area contributed by atoms with Gasteiger partial charge in [-0.05, 0) is 40.8 Å². The van der Waals surface area contributed by atoms with Crippen LogP contribution >= 0.6 is 0 Å². The first-order valence-corrected chi connectivity index (χ1v) is 16.6. The molecule has 1 aromatic heterocycles. The highest BCUT2D eigenvalue weighted by Crippen LogP contribution is 2.20. The van der Waals surface area contributed by atoms with Crippen molar-refractivity contribution < 1.29 is 29.1 Å². The normalized spacial score (nSPS) is 14.1. The molecule has 13 heteroatoms. The van der Waals surface area contributed by atoms with Crippen LogP contribution in [0.5, 0.6) is 5.75 Å². The zero-order valence-corrected chi connectivity index (χ0v) is 28.1. The Labute approximate surface area is 290 Å². The molecule has 50 heavy (non-hydrogen) atoms. The molecule has 0 aliphatic carbocycles. The summed E-state index contributed by atoms with van der Waals surface area (Å²) in [6, 6.07) is 18.2. The minimum Gasteiger partial charge on any atom is -0.508 e. The molecule has 5 amide bonds. The summed E-state index contributed by atoms with van der Waals surface area (Å²) < 4.78 is 0. The average molecular weight is 684 g/mol. The predicted molar refractivity (Wildman–Crippen MR) is 189 cm³/mol. The van der Waals surface area contributed by atoms with Crippen molar-refractivity contribution >= 4 is 40.4 Å². The smallest absolute Gasteiger partial charge is 0.243 e. The van der Waals surface area contributed by atoms with Crippen molar-refractivity contribution in [1.29, 1.82) is 0 Å². The Kier molecular flexibility index (Phi) is 13.1. The van der Waals surface area contributed by atoms with Gasteiger partial charge in [-0.2, -0.15) is 0 Å². The number of benzene rings is 3. The van der Waals surface area contributed by atoms with Crippen LogP contribution in [-0.4, -0.2) is 70.3 Å². The molecule has 0 aliphatic rings. The van der Waals surface area contributed by atoms with Gasteiger partial charge in [0, 0.05) is 36.4 Å². The largest absolute Gasteiger partial charge is 0.508 e. The quantitative estimate of drug-likeness (QED) is 0.0815. The number of amides is 5. The highest BCUT2D eigenvalue weighted by molar-refractivity contribution is 5.96. The molecule has 3 aromatic carbocycles. The van der Waals surface area contributed by atoms with Crippen molar-refractivity contribution in [2.75, 3.05) is 6.54 Å². The number of hydrogen-bond acceptors (Lipinski definition) is 7. The van der Waals surface area contributed by atoms with Gasteiger partial charge in [-0.1, -0.05) is 80.9 Å². The number of nitrogens with one attached hydrogen (secondary N) is 5. The van der Waals surface area contributed by atoms with Gasteiger partial charge in [0.2, 0.25) is 29.5 Å². The second-order valence-electron chi connectivity index (χ2n) is 12.3. The van der Waals surface area contributed by atoms with Crippen LogP contribution in [0.25, 0.3) is 10.9 Å². The summed E-state index contributed by atoms with van der Waals surface area (Å²) in [5, 5.41) is 21.6. The molecule has 0 saturated heterocycles. The van der Waals surface area contributed by atoms with Gasteiger partial charge in [-0.3, -0.25) is 24.0 Å². The molecule has 0 aliphatic heterocycles. The summed E-state index contributed by atoms with van der Waals surface area (Å²) in [7, 11) is 0. The van der Waals surface area contributed by atoms with Gasteiger partial charge in [0.15, 0.2) is 0 Å². The number of nitrogens with two attached hydrogens (primary N) is 2. The van der Waals surface area contributed by atoms with Gasteiger partial charge in [-0.25, -0.2) is 0 Å². The maximum absolute atomic E-state index is 14.2. The van der Waals surface area contributed by atoms with Crippen LogP contribution in [0.3, 0.4) is 0 Å². The van der Waals surface area contributed by atoms with Crippen LogP contribution in [0.4, 0.5) is 0 Å². The lowest BCUT2D eigenvalue weighted by molar-refractivity contribution is -0.134. The molecular weight excluding hydrogens is 638 g/mol. The molecule has 4 aromatic rings. The summed E-state index contributed by atoms with van der Waals surface area (Å²) in [5.74, 6) is -3.46. The Morgan fingerprint density at radius 3 is 1.92 bits per heavy atom. The Bertz CT molecular complexity index is 1780.